The first-order valence-electron chi connectivity index (χ1n) is 4.34. The van der Waals surface area contributed by atoms with Crippen LogP contribution in [0.25, 0.3) is 0 Å². The van der Waals surface area contributed by atoms with Gasteiger partial charge in [0.15, 0.2) is 0 Å². The van der Waals surface area contributed by atoms with E-state index < -0.39 is 0 Å². The summed E-state index contributed by atoms with van der Waals surface area (Å²) < 4.78 is 0. The van der Waals surface area contributed by atoms with E-state index in [0.717, 1.165) is 5.01 Å². The fourth-order valence-corrected chi connectivity index (χ4v) is 1.72. The fourth-order valence-electron chi connectivity index (χ4n) is 1.16. The smallest absolute Gasteiger partial charge is 0.244 e. The number of carbonyl (C=O) groups excluding carboxylic acids is 1. The van der Waals surface area contributed by atoms with E-state index in [1.54, 1.807) is 17.7 Å². The predicted octanol–water partition coefficient (Wildman–Crippen LogP) is 1.44. The van der Waals surface area contributed by atoms with Crippen molar-refractivity contribution in [1.29, 1.82) is 0 Å². The molecule has 0 spiro atoms. The van der Waals surface area contributed by atoms with Crippen LogP contribution in [0.2, 0.25) is 0 Å². The molecule has 0 bridgehead atoms. The summed E-state index contributed by atoms with van der Waals surface area (Å²) in [4.78, 5) is 11.7. The monoisotopic (exact) mass is 222 g/mol. The van der Waals surface area contributed by atoms with Gasteiger partial charge in [-0.25, -0.2) is 20.7 Å². The highest BCUT2D eigenvalue weighted by molar-refractivity contribution is 8.12. The number of anilines is 1. The van der Waals surface area contributed by atoms with Crippen molar-refractivity contribution in [2.75, 3.05) is 10.9 Å². The molecule has 6 heteroatoms. The number of carbonyl (C=O) groups is 1. The maximum Gasteiger partial charge on any atom is 0.360 e. The third-order valence-corrected chi connectivity index (χ3v) is 2.56. The van der Waals surface area contributed by atoms with Gasteiger partial charge in [-0.1, -0.05) is 30.0 Å². The summed E-state index contributed by atoms with van der Waals surface area (Å²) in [6.07, 6.45) is 0. The van der Waals surface area contributed by atoms with Crippen LogP contribution in [0.15, 0.2) is 35.4 Å². The van der Waals surface area contributed by atoms with Gasteiger partial charge in [-0.15, -0.1) is 0 Å². The molecule has 0 aromatic heterocycles. The van der Waals surface area contributed by atoms with Crippen LogP contribution >= 0.6 is 11.8 Å². The minimum atomic E-state index is -0.331. The van der Waals surface area contributed by atoms with E-state index in [1.165, 1.54) is 16.8 Å². The molecule has 0 saturated heterocycles. The predicted molar refractivity (Wildman–Crippen MR) is 61.3 cm³/mol. The van der Waals surface area contributed by atoms with Crippen LogP contribution in [-0.2, 0) is 0 Å². The standard InChI is InChI=1S/C9H10N4OS/c10-13(8-4-2-1-3-5-8)9(14)12-7-15-6-11-12/h1-6H,7,10H2. The average Bonchev–Trinajstić information content (AvgIpc) is 2.82. The highest BCUT2D eigenvalue weighted by atomic mass is 32.2. The topological polar surface area (TPSA) is 61.9 Å². The molecule has 5 nitrogen and oxygen atoms in total. The lowest BCUT2D eigenvalue weighted by Crippen LogP contribution is -2.44. The molecule has 0 fully saturated rings. The molecular formula is C9H10N4OS. The fraction of sp³-hybridized carbons (Fsp3) is 0.111. The number of hydrogen-bond acceptors (Lipinski definition) is 4. The number of hydrogen-bond donors (Lipinski definition) is 1. The number of hydrazine groups is 1. The molecule has 2 N–H and O–H groups in total. The summed E-state index contributed by atoms with van der Waals surface area (Å²) in [6, 6.07) is 8.72. The van der Waals surface area contributed by atoms with Crippen molar-refractivity contribution in [3.63, 3.8) is 0 Å². The molecular weight excluding hydrogens is 212 g/mol. The second-order valence-electron chi connectivity index (χ2n) is 2.90. The number of thioether (sulfide) groups is 1. The Hall–Kier alpha value is -1.53. The Labute approximate surface area is 91.5 Å². The molecule has 2 rings (SSSR count). The van der Waals surface area contributed by atoms with Crippen LogP contribution in [0, 0.1) is 0 Å². The Bertz CT molecular complexity index is 381. The SMILES string of the molecule is NN(C(=O)N1CSC=N1)c1ccccc1. The Kier molecular flexibility index (Phi) is 2.89. The summed E-state index contributed by atoms with van der Waals surface area (Å²) in [6.45, 7) is 0. The number of rotatable bonds is 1. The molecule has 0 atom stereocenters. The Morgan fingerprint density at radius 2 is 2.20 bits per heavy atom. The van der Waals surface area contributed by atoms with Gasteiger partial charge in [0, 0.05) is 0 Å². The largest absolute Gasteiger partial charge is 0.360 e. The van der Waals surface area contributed by atoms with Crippen molar-refractivity contribution in [1.82, 2.24) is 5.01 Å². The lowest BCUT2D eigenvalue weighted by Gasteiger charge is -2.20. The summed E-state index contributed by atoms with van der Waals surface area (Å²) in [5.74, 6) is 6.19. The zero-order valence-corrected chi connectivity index (χ0v) is 8.72. The van der Waals surface area contributed by atoms with Gasteiger partial charge in [0.1, 0.15) is 0 Å². The number of hydrazone groups is 1. The van der Waals surface area contributed by atoms with Gasteiger partial charge >= 0.3 is 6.03 Å². The van der Waals surface area contributed by atoms with Crippen molar-refractivity contribution in [3.05, 3.63) is 30.3 Å². The van der Waals surface area contributed by atoms with Gasteiger partial charge in [0.2, 0.25) is 0 Å². The molecule has 1 aliphatic heterocycles. The third kappa shape index (κ3) is 2.11. The molecule has 0 radical (unpaired) electrons. The third-order valence-electron chi connectivity index (χ3n) is 1.92. The van der Waals surface area contributed by atoms with Gasteiger partial charge in [-0.3, -0.25) is 0 Å². The van der Waals surface area contributed by atoms with Crippen LogP contribution in [-0.4, -0.2) is 22.5 Å². The molecule has 0 saturated carbocycles. The number of urea groups is 1. The van der Waals surface area contributed by atoms with E-state index in [2.05, 4.69) is 5.10 Å². The lowest BCUT2D eigenvalue weighted by atomic mass is 10.3. The lowest BCUT2D eigenvalue weighted by molar-refractivity contribution is 0.216. The summed E-state index contributed by atoms with van der Waals surface area (Å²) >= 11 is 1.45. The maximum atomic E-state index is 11.7. The number of nitrogens with zero attached hydrogens (tertiary/aromatic N) is 3. The molecule has 1 aliphatic rings. The average molecular weight is 222 g/mol. The molecule has 78 valence electrons. The molecule has 1 aromatic carbocycles. The zero-order valence-electron chi connectivity index (χ0n) is 7.91. The summed E-state index contributed by atoms with van der Waals surface area (Å²) in [5.41, 5.74) is 2.27. The quantitative estimate of drug-likeness (QED) is 0.444. The van der Waals surface area contributed by atoms with E-state index in [0.29, 0.717) is 11.6 Å². The van der Waals surface area contributed by atoms with Gasteiger partial charge in [0.25, 0.3) is 0 Å². The van der Waals surface area contributed by atoms with Crippen LogP contribution in [0.4, 0.5) is 10.5 Å². The van der Waals surface area contributed by atoms with E-state index in [-0.39, 0.29) is 6.03 Å². The molecule has 1 heterocycles. The molecule has 15 heavy (non-hydrogen) atoms. The number of benzene rings is 1. The van der Waals surface area contributed by atoms with Crippen molar-refractivity contribution >= 4 is 29.0 Å². The number of para-hydroxylation sites is 1. The number of amides is 2. The molecule has 0 unspecified atom stereocenters. The van der Waals surface area contributed by atoms with Crippen molar-refractivity contribution < 1.29 is 4.79 Å². The summed E-state index contributed by atoms with van der Waals surface area (Å²) in [5, 5.41) is 6.29. The van der Waals surface area contributed by atoms with Gasteiger partial charge in [0.05, 0.1) is 17.1 Å². The normalized spacial score (nSPS) is 14.3. The minimum Gasteiger partial charge on any atom is -0.244 e. The first-order valence-corrected chi connectivity index (χ1v) is 5.39. The first-order chi connectivity index (χ1) is 7.29. The van der Waals surface area contributed by atoms with Crippen LogP contribution in [0.5, 0.6) is 0 Å². The first kappa shape index (κ1) is 10.0. The van der Waals surface area contributed by atoms with Crippen molar-refractivity contribution in [3.8, 4) is 0 Å². The van der Waals surface area contributed by atoms with Crippen LogP contribution < -0.4 is 10.9 Å². The molecule has 1 aromatic rings. The Morgan fingerprint density at radius 1 is 1.47 bits per heavy atom. The van der Waals surface area contributed by atoms with Crippen molar-refractivity contribution in [2.45, 2.75) is 0 Å². The van der Waals surface area contributed by atoms with Gasteiger partial charge < -0.3 is 0 Å². The Morgan fingerprint density at radius 3 is 2.80 bits per heavy atom. The Balaban J connectivity index is 2.11. The van der Waals surface area contributed by atoms with Crippen LogP contribution in [0.3, 0.4) is 0 Å². The van der Waals surface area contributed by atoms with E-state index in [4.69, 9.17) is 5.84 Å². The maximum absolute atomic E-state index is 11.7. The summed E-state index contributed by atoms with van der Waals surface area (Å²) in [7, 11) is 0. The van der Waals surface area contributed by atoms with Gasteiger partial charge in [-0.2, -0.15) is 5.10 Å². The van der Waals surface area contributed by atoms with E-state index >= 15 is 0 Å². The van der Waals surface area contributed by atoms with E-state index in [1.807, 2.05) is 18.2 Å². The zero-order chi connectivity index (χ0) is 10.7. The van der Waals surface area contributed by atoms with E-state index in [9.17, 15) is 4.79 Å². The highest BCUT2D eigenvalue weighted by Crippen LogP contribution is 2.15. The second-order valence-corrected chi connectivity index (χ2v) is 3.71. The number of nitrogens with two attached hydrogens (primary N) is 1. The van der Waals surface area contributed by atoms with Crippen molar-refractivity contribution in [2.24, 2.45) is 10.9 Å². The molecule has 2 amide bonds. The highest BCUT2D eigenvalue weighted by Gasteiger charge is 2.21. The molecule has 0 aliphatic carbocycles. The minimum absolute atomic E-state index is 0.331. The van der Waals surface area contributed by atoms with Gasteiger partial charge in [-0.05, 0) is 12.1 Å². The van der Waals surface area contributed by atoms with Crippen LogP contribution in [0.1, 0.15) is 0 Å². The second kappa shape index (κ2) is 4.33.